The van der Waals surface area contributed by atoms with Crippen LogP contribution in [0.2, 0.25) is 0 Å². The minimum atomic E-state index is -4.44. The van der Waals surface area contributed by atoms with E-state index in [1.54, 1.807) is 0 Å². The first-order chi connectivity index (χ1) is 14.4. The molecule has 0 atom stereocenters. The highest BCUT2D eigenvalue weighted by atomic mass is 19.4. The number of hydrogen-bond donors (Lipinski definition) is 3. The molecule has 0 amide bonds. The fourth-order valence-corrected chi connectivity index (χ4v) is 2.61. The van der Waals surface area contributed by atoms with E-state index >= 15 is 0 Å². The smallest absolute Gasteiger partial charge is 0.416 e. The highest BCUT2D eigenvalue weighted by molar-refractivity contribution is 5.80. The number of anilines is 5. The number of halogens is 3. The van der Waals surface area contributed by atoms with Crippen LogP contribution in [0.15, 0.2) is 54.9 Å². The van der Waals surface area contributed by atoms with Gasteiger partial charge in [0.15, 0.2) is 11.6 Å². The van der Waals surface area contributed by atoms with Gasteiger partial charge in [0.05, 0.1) is 12.2 Å². The van der Waals surface area contributed by atoms with E-state index in [2.05, 4.69) is 27.5 Å². The molecular formula is C21H22F3N5O. The maximum Gasteiger partial charge on any atom is 0.416 e. The summed E-state index contributed by atoms with van der Waals surface area (Å²) in [5, 5.41) is 5.89. The Hall–Kier alpha value is -3.49. The molecule has 0 spiro atoms. The average Bonchev–Trinajstić information content (AvgIpc) is 2.72. The molecule has 3 rings (SSSR count). The lowest BCUT2D eigenvalue weighted by atomic mass is 10.2. The second kappa shape index (κ2) is 9.34. The summed E-state index contributed by atoms with van der Waals surface area (Å²) in [7, 11) is 0. The summed E-state index contributed by atoms with van der Waals surface area (Å²) >= 11 is 0. The number of aromatic nitrogens is 2. The molecular weight excluding hydrogens is 395 g/mol. The highest BCUT2D eigenvalue weighted by Gasteiger charge is 2.30. The van der Waals surface area contributed by atoms with Gasteiger partial charge in [-0.3, -0.25) is 0 Å². The molecule has 0 aliphatic heterocycles. The Bertz CT molecular complexity index is 977. The molecule has 1 aromatic heterocycles. The van der Waals surface area contributed by atoms with Crippen molar-refractivity contribution in [2.24, 2.45) is 0 Å². The molecule has 0 aliphatic carbocycles. The Labute approximate surface area is 172 Å². The molecule has 0 saturated heterocycles. The number of nitrogen functional groups attached to an aromatic ring is 1. The molecule has 0 aliphatic rings. The van der Waals surface area contributed by atoms with Crippen LogP contribution in [0, 0.1) is 0 Å². The summed E-state index contributed by atoms with van der Waals surface area (Å²) in [5.41, 5.74) is 6.48. The highest BCUT2D eigenvalue weighted by Crippen LogP contribution is 2.33. The van der Waals surface area contributed by atoms with Gasteiger partial charge in [0.2, 0.25) is 0 Å². The normalized spacial score (nSPS) is 11.2. The van der Waals surface area contributed by atoms with E-state index in [0.29, 0.717) is 12.4 Å². The number of nitrogens with zero attached hydrogens (tertiary/aromatic N) is 2. The number of alkyl halides is 3. The second-order valence-electron chi connectivity index (χ2n) is 6.54. The van der Waals surface area contributed by atoms with Gasteiger partial charge in [-0.05, 0) is 48.9 Å². The van der Waals surface area contributed by atoms with Gasteiger partial charge in [0.25, 0.3) is 0 Å². The number of unbranched alkanes of at least 4 members (excludes halogenated alkanes) is 1. The summed E-state index contributed by atoms with van der Waals surface area (Å²) in [5.74, 6) is 1.29. The minimum absolute atomic E-state index is 0.179. The lowest BCUT2D eigenvalue weighted by Crippen LogP contribution is -2.07. The minimum Gasteiger partial charge on any atom is -0.494 e. The zero-order valence-corrected chi connectivity index (χ0v) is 16.3. The fourth-order valence-electron chi connectivity index (χ4n) is 2.61. The molecule has 30 heavy (non-hydrogen) atoms. The predicted octanol–water partition coefficient (Wildman–Crippen LogP) is 5.74. The third kappa shape index (κ3) is 5.53. The molecule has 6 nitrogen and oxygen atoms in total. The van der Waals surface area contributed by atoms with Crippen LogP contribution >= 0.6 is 0 Å². The van der Waals surface area contributed by atoms with Crippen LogP contribution in [0.5, 0.6) is 5.75 Å². The Morgan fingerprint density at radius 1 is 0.967 bits per heavy atom. The first-order valence-corrected chi connectivity index (χ1v) is 9.41. The quantitative estimate of drug-likeness (QED) is 0.405. The van der Waals surface area contributed by atoms with Gasteiger partial charge >= 0.3 is 6.18 Å². The van der Waals surface area contributed by atoms with Crippen LogP contribution in [0.4, 0.5) is 41.9 Å². The summed E-state index contributed by atoms with van der Waals surface area (Å²) < 4.78 is 44.4. The standard InChI is InChI=1S/C21H22F3N5O/c1-2-3-11-30-17-9-7-15(8-10-17)28-19-18(25)20(27-13-26-19)29-16-6-4-5-14(12-16)21(22,23)24/h4-10,12-13H,2-3,11,25H2,1H3,(H2,26,27,28,29). The van der Waals surface area contributed by atoms with Gasteiger partial charge in [0, 0.05) is 11.4 Å². The van der Waals surface area contributed by atoms with E-state index in [1.165, 1.54) is 18.5 Å². The van der Waals surface area contributed by atoms with E-state index in [1.807, 2.05) is 24.3 Å². The second-order valence-corrected chi connectivity index (χ2v) is 6.54. The van der Waals surface area contributed by atoms with Crippen LogP contribution in [0.1, 0.15) is 25.3 Å². The van der Waals surface area contributed by atoms with Gasteiger partial charge in [-0.15, -0.1) is 0 Å². The number of rotatable bonds is 8. The molecule has 0 saturated carbocycles. The maximum atomic E-state index is 12.9. The molecule has 158 valence electrons. The third-order valence-electron chi connectivity index (χ3n) is 4.22. The van der Waals surface area contributed by atoms with Crippen molar-refractivity contribution in [3.8, 4) is 5.75 Å². The molecule has 0 fully saturated rings. The third-order valence-corrected chi connectivity index (χ3v) is 4.22. The zero-order valence-electron chi connectivity index (χ0n) is 16.3. The first kappa shape index (κ1) is 21.2. The van der Waals surface area contributed by atoms with Crippen LogP contribution in [-0.2, 0) is 6.18 Å². The van der Waals surface area contributed by atoms with Crippen molar-refractivity contribution in [1.29, 1.82) is 0 Å². The molecule has 0 bridgehead atoms. The van der Waals surface area contributed by atoms with Crippen molar-refractivity contribution in [2.75, 3.05) is 23.0 Å². The molecule has 1 heterocycles. The number of nitrogens with one attached hydrogen (secondary N) is 2. The van der Waals surface area contributed by atoms with Gasteiger partial charge in [-0.2, -0.15) is 13.2 Å². The molecule has 4 N–H and O–H groups in total. The van der Waals surface area contributed by atoms with Crippen molar-refractivity contribution >= 4 is 28.7 Å². The molecule has 3 aromatic rings. The number of nitrogens with two attached hydrogens (primary N) is 1. The Balaban J connectivity index is 1.72. The lowest BCUT2D eigenvalue weighted by molar-refractivity contribution is -0.137. The Kier molecular flexibility index (Phi) is 6.61. The zero-order chi connectivity index (χ0) is 21.6. The lowest BCUT2D eigenvalue weighted by Gasteiger charge is -2.14. The Morgan fingerprint density at radius 2 is 1.63 bits per heavy atom. The van der Waals surface area contributed by atoms with Crippen LogP contribution in [-0.4, -0.2) is 16.6 Å². The summed E-state index contributed by atoms with van der Waals surface area (Å²) in [4.78, 5) is 8.15. The topological polar surface area (TPSA) is 85.1 Å². The number of ether oxygens (including phenoxy) is 1. The molecule has 9 heteroatoms. The van der Waals surface area contributed by atoms with E-state index in [9.17, 15) is 13.2 Å². The first-order valence-electron chi connectivity index (χ1n) is 9.41. The molecule has 0 unspecified atom stereocenters. The molecule has 2 aromatic carbocycles. The van der Waals surface area contributed by atoms with Crippen molar-refractivity contribution in [2.45, 2.75) is 25.9 Å². The van der Waals surface area contributed by atoms with Crippen molar-refractivity contribution in [1.82, 2.24) is 9.97 Å². The van der Waals surface area contributed by atoms with Crippen LogP contribution in [0.25, 0.3) is 0 Å². The van der Waals surface area contributed by atoms with E-state index < -0.39 is 11.7 Å². The molecule has 0 radical (unpaired) electrons. The van der Waals surface area contributed by atoms with Crippen molar-refractivity contribution in [3.63, 3.8) is 0 Å². The maximum absolute atomic E-state index is 12.9. The predicted molar refractivity (Wildman–Crippen MR) is 111 cm³/mol. The largest absolute Gasteiger partial charge is 0.494 e. The van der Waals surface area contributed by atoms with Gasteiger partial charge in [-0.25, -0.2) is 9.97 Å². The van der Waals surface area contributed by atoms with Crippen LogP contribution < -0.4 is 21.1 Å². The van der Waals surface area contributed by atoms with E-state index in [4.69, 9.17) is 10.5 Å². The summed E-state index contributed by atoms with van der Waals surface area (Å²) in [6, 6.07) is 12.1. The Morgan fingerprint density at radius 3 is 2.27 bits per heavy atom. The number of benzene rings is 2. The summed E-state index contributed by atoms with van der Waals surface area (Å²) in [6.07, 6.45) is -1.12. The van der Waals surface area contributed by atoms with Crippen LogP contribution in [0.3, 0.4) is 0 Å². The van der Waals surface area contributed by atoms with Gasteiger partial charge in [-0.1, -0.05) is 19.4 Å². The van der Waals surface area contributed by atoms with E-state index in [-0.39, 0.29) is 17.2 Å². The van der Waals surface area contributed by atoms with E-state index in [0.717, 1.165) is 36.4 Å². The van der Waals surface area contributed by atoms with Gasteiger partial charge < -0.3 is 21.1 Å². The summed E-state index contributed by atoms with van der Waals surface area (Å²) in [6.45, 7) is 2.76. The monoisotopic (exact) mass is 417 g/mol. The van der Waals surface area contributed by atoms with Crippen molar-refractivity contribution < 1.29 is 17.9 Å². The van der Waals surface area contributed by atoms with Crippen molar-refractivity contribution in [3.05, 3.63) is 60.4 Å². The number of hydrogen-bond acceptors (Lipinski definition) is 6. The SMILES string of the molecule is CCCCOc1ccc(Nc2ncnc(Nc3cccc(C(F)(F)F)c3)c2N)cc1. The van der Waals surface area contributed by atoms with Gasteiger partial charge in [0.1, 0.15) is 17.8 Å². The average molecular weight is 417 g/mol. The fraction of sp³-hybridized carbons (Fsp3) is 0.238.